The molecule has 78 valence electrons. The maximum absolute atomic E-state index is 11.1. The van der Waals surface area contributed by atoms with Crippen molar-refractivity contribution in [3.63, 3.8) is 0 Å². The van der Waals surface area contributed by atoms with Crippen molar-refractivity contribution < 1.29 is 4.55 Å². The van der Waals surface area contributed by atoms with Gasteiger partial charge in [-0.3, -0.25) is 4.98 Å². The summed E-state index contributed by atoms with van der Waals surface area (Å²) in [6, 6.07) is 5.51. The number of nitrogens with zero attached hydrogens (tertiary/aromatic N) is 1. The number of hydrogen-bond donors (Lipinski definition) is 1. The molecule has 1 atom stereocenters. The highest BCUT2D eigenvalue weighted by atomic mass is 79.9. The number of fused-ring (bicyclic) bond motifs is 1. The van der Waals surface area contributed by atoms with Crippen LogP contribution in [0.15, 0.2) is 33.8 Å². The third-order valence-corrected chi connectivity index (χ3v) is 3.70. The van der Waals surface area contributed by atoms with Crippen LogP contribution in [0.25, 0.3) is 10.9 Å². The molecule has 0 amide bonds. The van der Waals surface area contributed by atoms with Crippen molar-refractivity contribution in [1.82, 2.24) is 4.98 Å². The zero-order chi connectivity index (χ0) is 11.0. The van der Waals surface area contributed by atoms with E-state index >= 15 is 0 Å². The molecule has 2 rings (SSSR count). The minimum absolute atomic E-state index is 0.349. The van der Waals surface area contributed by atoms with E-state index in [1.807, 2.05) is 18.2 Å². The predicted octanol–water partition coefficient (Wildman–Crippen LogP) is 2.63. The van der Waals surface area contributed by atoms with E-state index in [0.717, 1.165) is 15.4 Å². The van der Waals surface area contributed by atoms with Crippen LogP contribution in [-0.4, -0.2) is 9.54 Å². The van der Waals surface area contributed by atoms with Gasteiger partial charge in [-0.1, -0.05) is 27.5 Å². The Morgan fingerprint density at radius 3 is 2.87 bits per heavy atom. The van der Waals surface area contributed by atoms with Crippen LogP contribution in [0.2, 0.25) is 5.02 Å². The molecule has 1 aromatic carbocycles. The molecule has 0 radical (unpaired) electrons. The lowest BCUT2D eigenvalue weighted by molar-refractivity contribution is 0.596. The Hall–Kier alpha value is -0.330. The summed E-state index contributed by atoms with van der Waals surface area (Å²) in [6.07, 6.45) is 1.44. The SMILES string of the molecule is N[S+]([O-])c1cnc2ccc(Br)cc2c1Cl. The second-order valence-electron chi connectivity index (χ2n) is 2.90. The Bertz CT molecular complexity index is 521. The number of hydrogen-bond acceptors (Lipinski definition) is 3. The second kappa shape index (κ2) is 4.27. The highest BCUT2D eigenvalue weighted by Crippen LogP contribution is 2.29. The van der Waals surface area contributed by atoms with Crippen LogP contribution >= 0.6 is 27.5 Å². The Morgan fingerprint density at radius 1 is 1.47 bits per heavy atom. The number of halogens is 2. The normalized spacial score (nSPS) is 13.1. The molecule has 0 aliphatic carbocycles. The molecule has 1 aromatic heterocycles. The lowest BCUT2D eigenvalue weighted by atomic mass is 10.2. The van der Waals surface area contributed by atoms with Crippen LogP contribution < -0.4 is 5.14 Å². The van der Waals surface area contributed by atoms with Gasteiger partial charge in [-0.25, -0.2) is 0 Å². The fraction of sp³-hybridized carbons (Fsp3) is 0. The quantitative estimate of drug-likeness (QED) is 0.824. The zero-order valence-electron chi connectivity index (χ0n) is 7.41. The molecule has 0 bridgehead atoms. The van der Waals surface area contributed by atoms with E-state index in [9.17, 15) is 4.55 Å². The van der Waals surface area contributed by atoms with Gasteiger partial charge in [0, 0.05) is 9.86 Å². The van der Waals surface area contributed by atoms with Gasteiger partial charge in [0.1, 0.15) is 5.02 Å². The summed E-state index contributed by atoms with van der Waals surface area (Å²) in [4.78, 5) is 4.48. The molecule has 1 heterocycles. The smallest absolute Gasteiger partial charge is 0.211 e. The standard InChI is InChI=1S/C9H6BrClN2OS/c10-5-1-2-7-6(3-5)9(11)8(4-13-7)15(12)14/h1-4H,12H2. The molecular weight excluding hydrogens is 300 g/mol. The van der Waals surface area contributed by atoms with Gasteiger partial charge in [-0.15, -0.1) is 5.14 Å². The average Bonchev–Trinajstić information content (AvgIpc) is 2.19. The number of pyridine rings is 1. The number of aromatic nitrogens is 1. The number of benzene rings is 1. The highest BCUT2D eigenvalue weighted by Gasteiger charge is 2.15. The van der Waals surface area contributed by atoms with Crippen molar-refractivity contribution in [2.45, 2.75) is 4.90 Å². The van der Waals surface area contributed by atoms with Crippen LogP contribution in [-0.2, 0) is 11.4 Å². The summed E-state index contributed by atoms with van der Waals surface area (Å²) in [5.41, 5.74) is 0.748. The molecule has 1 unspecified atom stereocenters. The zero-order valence-corrected chi connectivity index (χ0v) is 10.6. The second-order valence-corrected chi connectivity index (χ2v) is 5.22. The lowest BCUT2D eigenvalue weighted by Gasteiger charge is -2.06. The van der Waals surface area contributed by atoms with E-state index in [1.165, 1.54) is 6.20 Å². The Balaban J connectivity index is 2.77. The number of nitrogens with two attached hydrogens (primary N) is 1. The van der Waals surface area contributed by atoms with E-state index in [0.29, 0.717) is 9.92 Å². The van der Waals surface area contributed by atoms with Gasteiger partial charge in [-0.05, 0) is 18.2 Å². The van der Waals surface area contributed by atoms with Crippen molar-refractivity contribution in [2.24, 2.45) is 5.14 Å². The summed E-state index contributed by atoms with van der Waals surface area (Å²) in [5, 5.41) is 6.41. The highest BCUT2D eigenvalue weighted by molar-refractivity contribution is 9.10. The molecule has 2 aromatic rings. The van der Waals surface area contributed by atoms with Crippen molar-refractivity contribution in [3.05, 3.63) is 33.9 Å². The summed E-state index contributed by atoms with van der Waals surface area (Å²) in [6.45, 7) is 0. The number of rotatable bonds is 1. The van der Waals surface area contributed by atoms with E-state index in [4.69, 9.17) is 16.7 Å². The monoisotopic (exact) mass is 304 g/mol. The minimum Gasteiger partial charge on any atom is -0.593 e. The fourth-order valence-corrected chi connectivity index (χ4v) is 2.49. The fourth-order valence-electron chi connectivity index (χ4n) is 1.25. The molecule has 0 aliphatic rings. The van der Waals surface area contributed by atoms with Gasteiger partial charge in [-0.2, -0.15) is 0 Å². The van der Waals surface area contributed by atoms with Gasteiger partial charge in [0.15, 0.2) is 0 Å². The van der Waals surface area contributed by atoms with E-state index in [2.05, 4.69) is 20.9 Å². The molecule has 3 nitrogen and oxygen atoms in total. The van der Waals surface area contributed by atoms with Crippen molar-refractivity contribution in [3.8, 4) is 0 Å². The first kappa shape index (κ1) is 11.2. The molecule has 2 N–H and O–H groups in total. The third-order valence-electron chi connectivity index (χ3n) is 1.95. The van der Waals surface area contributed by atoms with Crippen LogP contribution in [0.3, 0.4) is 0 Å². The molecule has 0 aliphatic heterocycles. The maximum Gasteiger partial charge on any atom is 0.211 e. The molecule has 0 saturated carbocycles. The molecule has 15 heavy (non-hydrogen) atoms. The average molecular weight is 306 g/mol. The van der Waals surface area contributed by atoms with E-state index in [1.54, 1.807) is 0 Å². The van der Waals surface area contributed by atoms with Gasteiger partial charge in [0.25, 0.3) is 0 Å². The summed E-state index contributed by atoms with van der Waals surface area (Å²) >= 11 is 7.80. The first-order valence-electron chi connectivity index (χ1n) is 3.99. The van der Waals surface area contributed by atoms with Crippen LogP contribution in [0, 0.1) is 0 Å². The molecule has 0 fully saturated rings. The minimum atomic E-state index is -1.61. The van der Waals surface area contributed by atoms with Crippen molar-refractivity contribution in [2.75, 3.05) is 0 Å². The van der Waals surface area contributed by atoms with E-state index in [-0.39, 0.29) is 0 Å². The predicted molar refractivity (Wildman–Crippen MR) is 65.0 cm³/mol. The van der Waals surface area contributed by atoms with Crippen molar-refractivity contribution >= 4 is 49.8 Å². The summed E-state index contributed by atoms with van der Waals surface area (Å²) in [5.74, 6) is 0. The van der Waals surface area contributed by atoms with Gasteiger partial charge >= 0.3 is 0 Å². The largest absolute Gasteiger partial charge is 0.593 e. The Kier molecular flexibility index (Phi) is 3.18. The Morgan fingerprint density at radius 2 is 2.20 bits per heavy atom. The van der Waals surface area contributed by atoms with Crippen molar-refractivity contribution in [1.29, 1.82) is 0 Å². The molecular formula is C9H6BrClN2OS. The summed E-state index contributed by atoms with van der Waals surface area (Å²) < 4.78 is 12.0. The van der Waals surface area contributed by atoms with Crippen LogP contribution in [0.4, 0.5) is 0 Å². The Labute approximate surface area is 103 Å². The molecule has 0 spiro atoms. The topological polar surface area (TPSA) is 62.0 Å². The maximum atomic E-state index is 11.1. The third kappa shape index (κ3) is 2.11. The lowest BCUT2D eigenvalue weighted by Crippen LogP contribution is -2.13. The van der Waals surface area contributed by atoms with Crippen LogP contribution in [0.5, 0.6) is 0 Å². The first-order valence-corrected chi connectivity index (χ1v) is 6.38. The van der Waals surface area contributed by atoms with E-state index < -0.39 is 11.4 Å². The first-order chi connectivity index (χ1) is 7.09. The van der Waals surface area contributed by atoms with Gasteiger partial charge < -0.3 is 4.55 Å². The molecule has 6 heteroatoms. The van der Waals surface area contributed by atoms with Crippen LogP contribution in [0.1, 0.15) is 0 Å². The molecule has 0 saturated heterocycles. The van der Waals surface area contributed by atoms with Gasteiger partial charge in [0.05, 0.1) is 23.1 Å². The van der Waals surface area contributed by atoms with Gasteiger partial charge in [0.2, 0.25) is 4.90 Å². The summed E-state index contributed by atoms with van der Waals surface area (Å²) in [7, 11) is 0.